The van der Waals surface area contributed by atoms with Crippen molar-refractivity contribution < 1.29 is 9.59 Å². The molecule has 2 amide bonds. The van der Waals surface area contributed by atoms with E-state index in [4.69, 9.17) is 4.98 Å². The number of carbonyl (C=O) groups is 2. The molecule has 33 heavy (non-hydrogen) atoms. The topological polar surface area (TPSA) is 53.5 Å². The number of carbonyl (C=O) groups excluding carboxylic acids is 2. The first kappa shape index (κ1) is 21.8. The van der Waals surface area contributed by atoms with Gasteiger partial charge in [-0.25, -0.2) is 4.98 Å². The number of rotatable bonds is 7. The number of benzene rings is 2. The molecular formula is C27H29N3O2S. The quantitative estimate of drug-likeness (QED) is 0.498. The molecular weight excluding hydrogens is 430 g/mol. The summed E-state index contributed by atoms with van der Waals surface area (Å²) in [6.07, 6.45) is 4.47. The highest BCUT2D eigenvalue weighted by molar-refractivity contribution is 7.14. The van der Waals surface area contributed by atoms with E-state index in [1.165, 1.54) is 16.9 Å². The first-order valence-corrected chi connectivity index (χ1v) is 12.7. The largest absolute Gasteiger partial charge is 0.342 e. The van der Waals surface area contributed by atoms with Crippen molar-refractivity contribution in [3.63, 3.8) is 0 Å². The van der Waals surface area contributed by atoms with Crippen molar-refractivity contribution >= 4 is 28.3 Å². The number of hydrogen-bond donors (Lipinski definition) is 0. The van der Waals surface area contributed by atoms with Crippen LogP contribution in [0.3, 0.4) is 0 Å². The number of aromatic nitrogens is 1. The van der Waals surface area contributed by atoms with Gasteiger partial charge in [-0.2, -0.15) is 0 Å². The van der Waals surface area contributed by atoms with E-state index in [0.29, 0.717) is 13.1 Å². The zero-order chi connectivity index (χ0) is 22.6. The Morgan fingerprint density at radius 2 is 1.70 bits per heavy atom. The molecule has 1 atom stereocenters. The molecule has 170 valence electrons. The minimum absolute atomic E-state index is 0.0909. The van der Waals surface area contributed by atoms with Gasteiger partial charge in [0.05, 0.1) is 11.6 Å². The number of piperidine rings is 1. The zero-order valence-corrected chi connectivity index (χ0v) is 19.5. The normalized spacial score (nSPS) is 18.2. The average Bonchev–Trinajstić information content (AvgIpc) is 3.62. The third-order valence-electron chi connectivity index (χ3n) is 6.53. The predicted octanol–water partition coefficient (Wildman–Crippen LogP) is 5.03. The number of amides is 2. The van der Waals surface area contributed by atoms with Gasteiger partial charge in [-0.3, -0.25) is 14.5 Å². The Hall–Kier alpha value is -2.99. The van der Waals surface area contributed by atoms with Crippen LogP contribution in [-0.2, 0) is 16.0 Å². The van der Waals surface area contributed by atoms with Crippen molar-refractivity contribution in [3.05, 3.63) is 71.6 Å². The summed E-state index contributed by atoms with van der Waals surface area (Å²) in [5.41, 5.74) is 3.14. The number of thiazole rings is 1. The maximum Gasteiger partial charge on any atom is 0.233 e. The summed E-state index contributed by atoms with van der Waals surface area (Å²) < 4.78 is 0. The van der Waals surface area contributed by atoms with E-state index < -0.39 is 0 Å². The van der Waals surface area contributed by atoms with Gasteiger partial charge in [0.1, 0.15) is 0 Å². The van der Waals surface area contributed by atoms with Gasteiger partial charge in [0.15, 0.2) is 5.13 Å². The van der Waals surface area contributed by atoms with Crippen molar-refractivity contribution in [2.45, 2.75) is 32.1 Å². The van der Waals surface area contributed by atoms with Crippen molar-refractivity contribution in [1.82, 2.24) is 9.88 Å². The monoisotopic (exact) mass is 459 g/mol. The minimum Gasteiger partial charge on any atom is -0.342 e. The Morgan fingerprint density at radius 1 is 0.970 bits per heavy atom. The maximum absolute atomic E-state index is 13.8. The summed E-state index contributed by atoms with van der Waals surface area (Å²) in [7, 11) is 0. The molecule has 2 fully saturated rings. The van der Waals surface area contributed by atoms with Crippen LogP contribution in [0.5, 0.6) is 0 Å². The molecule has 1 aromatic heterocycles. The van der Waals surface area contributed by atoms with E-state index in [1.54, 1.807) is 0 Å². The lowest BCUT2D eigenvalue weighted by atomic mass is 9.96. The zero-order valence-electron chi connectivity index (χ0n) is 18.7. The van der Waals surface area contributed by atoms with Crippen molar-refractivity contribution in [3.8, 4) is 11.3 Å². The van der Waals surface area contributed by atoms with Crippen LogP contribution < -0.4 is 4.90 Å². The summed E-state index contributed by atoms with van der Waals surface area (Å²) in [6, 6.07) is 20.3. The smallest absolute Gasteiger partial charge is 0.233 e. The highest BCUT2D eigenvalue weighted by atomic mass is 32.1. The van der Waals surface area contributed by atoms with Gasteiger partial charge in [0, 0.05) is 36.5 Å². The molecule has 1 aliphatic heterocycles. The molecule has 1 aliphatic carbocycles. The van der Waals surface area contributed by atoms with Crippen LogP contribution in [0, 0.1) is 11.8 Å². The predicted molar refractivity (Wildman–Crippen MR) is 132 cm³/mol. The Labute approximate surface area is 199 Å². The molecule has 6 heteroatoms. The van der Waals surface area contributed by atoms with E-state index in [1.807, 2.05) is 63.7 Å². The molecule has 5 rings (SSSR count). The highest BCUT2D eigenvalue weighted by Gasteiger charge is 2.38. The minimum atomic E-state index is -0.165. The molecule has 2 aromatic carbocycles. The third-order valence-corrected chi connectivity index (χ3v) is 7.40. The van der Waals surface area contributed by atoms with E-state index in [0.717, 1.165) is 55.0 Å². The maximum atomic E-state index is 13.8. The Bertz CT molecular complexity index is 1090. The van der Waals surface area contributed by atoms with Crippen LogP contribution in [0.4, 0.5) is 5.13 Å². The van der Waals surface area contributed by atoms with Gasteiger partial charge in [-0.15, -0.1) is 11.3 Å². The second kappa shape index (κ2) is 9.87. The van der Waals surface area contributed by atoms with Crippen molar-refractivity contribution in [1.29, 1.82) is 0 Å². The second-order valence-corrected chi connectivity index (χ2v) is 9.84. The number of nitrogens with zero attached hydrogens (tertiary/aromatic N) is 3. The van der Waals surface area contributed by atoms with E-state index >= 15 is 0 Å². The lowest BCUT2D eigenvalue weighted by molar-refractivity contribution is -0.136. The van der Waals surface area contributed by atoms with E-state index in [-0.39, 0.29) is 23.7 Å². The molecule has 1 saturated heterocycles. The number of likely N-dealkylation sites (tertiary alicyclic amines) is 1. The standard InChI is InChI=1S/C27H29N3O2S/c31-25(22-13-14-22)29-16-7-12-23(18-29)26(32)30(17-15-20-8-3-1-4-9-20)27-28-24(19-33-27)21-10-5-2-6-11-21/h1-6,8-11,19,22-23H,7,12-18H2. The van der Waals surface area contributed by atoms with Gasteiger partial charge < -0.3 is 4.90 Å². The molecule has 0 spiro atoms. The van der Waals surface area contributed by atoms with E-state index in [9.17, 15) is 9.59 Å². The summed E-state index contributed by atoms with van der Waals surface area (Å²) in [5.74, 6) is 0.360. The Morgan fingerprint density at radius 3 is 2.42 bits per heavy atom. The van der Waals surface area contributed by atoms with Crippen LogP contribution in [0.25, 0.3) is 11.3 Å². The summed E-state index contributed by atoms with van der Waals surface area (Å²) in [5, 5.41) is 2.76. The SMILES string of the molecule is O=C(C1CC1)N1CCCC(C(=O)N(CCc2ccccc2)c2nc(-c3ccccc3)cs2)C1. The summed E-state index contributed by atoms with van der Waals surface area (Å²) in [4.78, 5) is 35.0. The van der Waals surface area contributed by atoms with Gasteiger partial charge >= 0.3 is 0 Å². The highest BCUT2D eigenvalue weighted by Crippen LogP contribution is 2.34. The molecule has 5 nitrogen and oxygen atoms in total. The molecule has 0 bridgehead atoms. The fourth-order valence-electron chi connectivity index (χ4n) is 4.50. The molecule has 3 aromatic rings. The molecule has 1 unspecified atom stereocenters. The molecule has 0 N–H and O–H groups in total. The van der Waals surface area contributed by atoms with Crippen LogP contribution in [0.15, 0.2) is 66.0 Å². The van der Waals surface area contributed by atoms with E-state index in [2.05, 4.69) is 12.1 Å². The van der Waals surface area contributed by atoms with Crippen molar-refractivity contribution in [2.24, 2.45) is 11.8 Å². The van der Waals surface area contributed by atoms with Crippen molar-refractivity contribution in [2.75, 3.05) is 24.5 Å². The Balaban J connectivity index is 1.36. The van der Waals surface area contributed by atoms with Gasteiger partial charge in [-0.1, -0.05) is 60.7 Å². The number of anilines is 1. The lowest BCUT2D eigenvalue weighted by Gasteiger charge is -2.34. The van der Waals surface area contributed by atoms with Crippen LogP contribution >= 0.6 is 11.3 Å². The average molecular weight is 460 g/mol. The van der Waals surface area contributed by atoms with Crippen LogP contribution in [-0.4, -0.2) is 41.3 Å². The Kier molecular flexibility index (Phi) is 6.53. The molecule has 2 heterocycles. The van der Waals surface area contributed by atoms with Crippen LogP contribution in [0.1, 0.15) is 31.2 Å². The second-order valence-electron chi connectivity index (χ2n) is 9.00. The number of hydrogen-bond acceptors (Lipinski definition) is 4. The third kappa shape index (κ3) is 5.17. The first-order chi connectivity index (χ1) is 16.2. The van der Waals surface area contributed by atoms with Gasteiger partial charge in [0.25, 0.3) is 0 Å². The summed E-state index contributed by atoms with van der Waals surface area (Å²) in [6.45, 7) is 1.89. The first-order valence-electron chi connectivity index (χ1n) is 11.8. The fraction of sp³-hybridized carbons (Fsp3) is 0.370. The lowest BCUT2D eigenvalue weighted by Crippen LogP contribution is -2.47. The van der Waals surface area contributed by atoms with Gasteiger partial charge in [0.2, 0.25) is 11.8 Å². The molecule has 1 saturated carbocycles. The summed E-state index contributed by atoms with van der Waals surface area (Å²) >= 11 is 1.52. The molecule has 2 aliphatic rings. The van der Waals surface area contributed by atoms with Gasteiger partial charge in [-0.05, 0) is 37.7 Å². The molecule has 0 radical (unpaired) electrons. The van der Waals surface area contributed by atoms with Crippen LogP contribution in [0.2, 0.25) is 0 Å². The fourth-order valence-corrected chi connectivity index (χ4v) is 5.37.